The van der Waals surface area contributed by atoms with Crippen LogP contribution in [0.3, 0.4) is 0 Å². The van der Waals surface area contributed by atoms with Crippen molar-refractivity contribution in [2.24, 2.45) is 0 Å². The van der Waals surface area contributed by atoms with Crippen LogP contribution in [0.5, 0.6) is 0 Å². The topological polar surface area (TPSA) is 49.3 Å². The van der Waals surface area contributed by atoms with E-state index in [4.69, 9.17) is 28.3 Å². The SMILES string of the molecule is C[C@H](CO)NC(=O)CCc1ccc(Cl)cc1Cl. The molecule has 17 heavy (non-hydrogen) atoms. The molecule has 2 N–H and O–H groups in total. The Morgan fingerprint density at radius 3 is 2.76 bits per heavy atom. The number of carbonyl (C=O) groups excluding carboxylic acids is 1. The van der Waals surface area contributed by atoms with Crippen molar-refractivity contribution in [1.29, 1.82) is 0 Å². The Bertz CT molecular complexity index is 396. The van der Waals surface area contributed by atoms with Crippen LogP contribution in [0.2, 0.25) is 10.0 Å². The Hall–Kier alpha value is -0.770. The lowest BCUT2D eigenvalue weighted by atomic mass is 10.1. The van der Waals surface area contributed by atoms with Crippen molar-refractivity contribution in [2.75, 3.05) is 6.61 Å². The predicted molar refractivity (Wildman–Crippen MR) is 69.5 cm³/mol. The number of aryl methyl sites for hydroxylation is 1. The Labute approximate surface area is 111 Å². The van der Waals surface area contributed by atoms with E-state index >= 15 is 0 Å². The number of halogens is 2. The normalized spacial score (nSPS) is 12.2. The molecule has 5 heteroatoms. The van der Waals surface area contributed by atoms with Gasteiger partial charge in [-0.15, -0.1) is 0 Å². The van der Waals surface area contributed by atoms with Gasteiger partial charge in [0.15, 0.2) is 0 Å². The van der Waals surface area contributed by atoms with Crippen molar-refractivity contribution < 1.29 is 9.90 Å². The summed E-state index contributed by atoms with van der Waals surface area (Å²) in [5.74, 6) is -0.0995. The molecule has 0 radical (unpaired) electrons. The highest BCUT2D eigenvalue weighted by Crippen LogP contribution is 2.21. The van der Waals surface area contributed by atoms with Crippen LogP contribution in [0.1, 0.15) is 18.9 Å². The lowest BCUT2D eigenvalue weighted by molar-refractivity contribution is -0.121. The molecule has 0 aromatic heterocycles. The van der Waals surface area contributed by atoms with E-state index in [-0.39, 0.29) is 18.6 Å². The molecule has 0 aliphatic heterocycles. The Morgan fingerprint density at radius 2 is 2.18 bits per heavy atom. The molecule has 0 aliphatic rings. The van der Waals surface area contributed by atoms with E-state index in [1.165, 1.54) is 0 Å². The van der Waals surface area contributed by atoms with Crippen LogP contribution in [0.15, 0.2) is 18.2 Å². The second-order valence-corrected chi connectivity index (χ2v) is 4.73. The van der Waals surface area contributed by atoms with Crippen molar-refractivity contribution >= 4 is 29.1 Å². The second-order valence-electron chi connectivity index (χ2n) is 3.89. The van der Waals surface area contributed by atoms with E-state index in [0.29, 0.717) is 22.9 Å². The molecule has 0 spiro atoms. The van der Waals surface area contributed by atoms with E-state index in [0.717, 1.165) is 5.56 Å². The van der Waals surface area contributed by atoms with E-state index in [9.17, 15) is 4.79 Å². The van der Waals surface area contributed by atoms with E-state index < -0.39 is 0 Å². The highest BCUT2D eigenvalue weighted by atomic mass is 35.5. The Morgan fingerprint density at radius 1 is 1.47 bits per heavy atom. The van der Waals surface area contributed by atoms with E-state index in [2.05, 4.69) is 5.32 Å². The minimum absolute atomic E-state index is 0.0621. The monoisotopic (exact) mass is 275 g/mol. The highest BCUT2D eigenvalue weighted by Gasteiger charge is 2.08. The lowest BCUT2D eigenvalue weighted by Crippen LogP contribution is -2.35. The summed E-state index contributed by atoms with van der Waals surface area (Å²) in [5.41, 5.74) is 0.892. The molecule has 0 fully saturated rings. The molecular formula is C12H15Cl2NO2. The first kappa shape index (κ1) is 14.3. The average molecular weight is 276 g/mol. The van der Waals surface area contributed by atoms with Crippen LogP contribution in [-0.4, -0.2) is 23.7 Å². The summed E-state index contributed by atoms with van der Waals surface area (Å²) < 4.78 is 0. The number of benzene rings is 1. The van der Waals surface area contributed by atoms with Crippen molar-refractivity contribution in [3.63, 3.8) is 0 Å². The zero-order valence-corrected chi connectivity index (χ0v) is 11.1. The minimum Gasteiger partial charge on any atom is -0.394 e. The summed E-state index contributed by atoms with van der Waals surface area (Å²) in [5, 5.41) is 12.6. The molecule has 0 saturated carbocycles. The summed E-state index contributed by atoms with van der Waals surface area (Å²) >= 11 is 11.8. The quantitative estimate of drug-likeness (QED) is 0.867. The first-order valence-electron chi connectivity index (χ1n) is 5.37. The highest BCUT2D eigenvalue weighted by molar-refractivity contribution is 6.35. The van der Waals surface area contributed by atoms with Gasteiger partial charge in [0.05, 0.1) is 6.61 Å². The van der Waals surface area contributed by atoms with Gasteiger partial charge >= 0.3 is 0 Å². The third-order valence-corrected chi connectivity index (χ3v) is 2.90. The predicted octanol–water partition coefficient (Wildman–Crippen LogP) is 2.42. The van der Waals surface area contributed by atoms with Crippen LogP contribution in [0.4, 0.5) is 0 Å². The minimum atomic E-state index is -0.219. The third kappa shape index (κ3) is 4.94. The fourth-order valence-corrected chi connectivity index (χ4v) is 1.87. The van der Waals surface area contributed by atoms with Gasteiger partial charge in [0.25, 0.3) is 0 Å². The van der Waals surface area contributed by atoms with Gasteiger partial charge in [-0.1, -0.05) is 29.3 Å². The van der Waals surface area contributed by atoms with Crippen molar-refractivity contribution in [1.82, 2.24) is 5.32 Å². The van der Waals surface area contributed by atoms with Crippen molar-refractivity contribution in [3.05, 3.63) is 33.8 Å². The molecule has 0 aliphatic carbocycles. The maximum atomic E-state index is 11.5. The molecule has 1 rings (SSSR count). The number of nitrogens with one attached hydrogen (secondary N) is 1. The second kappa shape index (κ2) is 6.84. The Balaban J connectivity index is 2.47. The van der Waals surface area contributed by atoms with Crippen LogP contribution in [0, 0.1) is 0 Å². The molecule has 0 unspecified atom stereocenters. The van der Waals surface area contributed by atoms with Crippen LogP contribution in [-0.2, 0) is 11.2 Å². The summed E-state index contributed by atoms with van der Waals surface area (Å²) in [4.78, 5) is 11.5. The fraction of sp³-hybridized carbons (Fsp3) is 0.417. The standard InChI is InChI=1S/C12H15Cl2NO2/c1-8(7-16)15-12(17)5-3-9-2-4-10(13)6-11(9)14/h2,4,6,8,16H,3,5,7H2,1H3,(H,15,17)/t8-/m1/s1. The molecule has 3 nitrogen and oxygen atoms in total. The van der Waals surface area contributed by atoms with Gasteiger partial charge in [-0.3, -0.25) is 4.79 Å². The summed E-state index contributed by atoms with van der Waals surface area (Å²) in [6.07, 6.45) is 0.895. The molecule has 94 valence electrons. The number of hydrogen-bond acceptors (Lipinski definition) is 2. The third-order valence-electron chi connectivity index (χ3n) is 2.32. The number of carbonyl (C=O) groups is 1. The van der Waals surface area contributed by atoms with Crippen molar-refractivity contribution in [3.8, 4) is 0 Å². The van der Waals surface area contributed by atoms with Gasteiger partial charge in [0, 0.05) is 22.5 Å². The van der Waals surface area contributed by atoms with Gasteiger partial charge in [-0.25, -0.2) is 0 Å². The van der Waals surface area contributed by atoms with Crippen molar-refractivity contribution in [2.45, 2.75) is 25.8 Å². The maximum absolute atomic E-state index is 11.5. The number of hydrogen-bond donors (Lipinski definition) is 2. The molecule has 1 amide bonds. The fourth-order valence-electron chi connectivity index (χ4n) is 1.37. The number of rotatable bonds is 5. The first-order valence-corrected chi connectivity index (χ1v) is 6.12. The summed E-state index contributed by atoms with van der Waals surface area (Å²) in [7, 11) is 0. The van der Waals surface area contributed by atoms with Gasteiger partial charge in [0.1, 0.15) is 0 Å². The maximum Gasteiger partial charge on any atom is 0.220 e. The van der Waals surface area contributed by atoms with E-state index in [1.807, 2.05) is 6.07 Å². The van der Waals surface area contributed by atoms with Crippen LogP contribution >= 0.6 is 23.2 Å². The van der Waals surface area contributed by atoms with Crippen LogP contribution in [0.25, 0.3) is 0 Å². The smallest absolute Gasteiger partial charge is 0.220 e. The number of aliphatic hydroxyl groups is 1. The summed E-state index contributed by atoms with van der Waals surface area (Å²) in [6, 6.07) is 5.00. The molecule has 0 heterocycles. The average Bonchev–Trinajstić information content (AvgIpc) is 2.27. The number of amides is 1. The molecule has 0 bridgehead atoms. The molecule has 0 saturated heterocycles. The molecule has 1 aromatic carbocycles. The van der Waals surface area contributed by atoms with Crippen LogP contribution < -0.4 is 5.32 Å². The first-order chi connectivity index (χ1) is 8.02. The molecule has 1 aromatic rings. The van der Waals surface area contributed by atoms with Gasteiger partial charge in [-0.05, 0) is 31.0 Å². The van der Waals surface area contributed by atoms with Gasteiger partial charge in [-0.2, -0.15) is 0 Å². The molecule has 1 atom stereocenters. The van der Waals surface area contributed by atoms with E-state index in [1.54, 1.807) is 19.1 Å². The van der Waals surface area contributed by atoms with Gasteiger partial charge in [0.2, 0.25) is 5.91 Å². The largest absolute Gasteiger partial charge is 0.394 e. The zero-order chi connectivity index (χ0) is 12.8. The molecular weight excluding hydrogens is 261 g/mol. The lowest BCUT2D eigenvalue weighted by Gasteiger charge is -2.11. The Kier molecular flexibility index (Phi) is 5.75. The number of aliphatic hydroxyl groups excluding tert-OH is 1. The summed E-state index contributed by atoms with van der Waals surface area (Å²) in [6.45, 7) is 1.68. The van der Waals surface area contributed by atoms with Gasteiger partial charge < -0.3 is 10.4 Å². The zero-order valence-electron chi connectivity index (χ0n) is 9.54.